The average Bonchev–Trinajstić information content (AvgIpc) is 3.03. The summed E-state index contributed by atoms with van der Waals surface area (Å²) in [7, 11) is 0. The van der Waals surface area contributed by atoms with E-state index in [4.69, 9.17) is 0 Å². The zero-order valence-electron chi connectivity index (χ0n) is 9.00. The van der Waals surface area contributed by atoms with Crippen LogP contribution in [0.25, 0.3) is 0 Å². The first-order valence-electron chi connectivity index (χ1n) is 5.27. The molecule has 5 heteroatoms. The van der Waals surface area contributed by atoms with Crippen LogP contribution in [0.3, 0.4) is 0 Å². The Morgan fingerprint density at radius 3 is 2.81 bits per heavy atom. The van der Waals surface area contributed by atoms with Crippen molar-refractivity contribution < 1.29 is 4.92 Å². The molecule has 16 heavy (non-hydrogen) atoms. The Morgan fingerprint density at radius 1 is 1.56 bits per heavy atom. The monoisotopic (exact) mass is 284 g/mol. The van der Waals surface area contributed by atoms with Crippen LogP contribution in [-0.2, 0) is 0 Å². The minimum absolute atomic E-state index is 0.176. The molecular weight excluding hydrogens is 272 g/mol. The number of halogens is 1. The molecule has 0 aliphatic heterocycles. The van der Waals surface area contributed by atoms with Gasteiger partial charge in [-0.25, -0.2) is 0 Å². The summed E-state index contributed by atoms with van der Waals surface area (Å²) in [5.74, 6) is 0.698. The van der Waals surface area contributed by atoms with E-state index < -0.39 is 0 Å². The molecule has 1 aliphatic rings. The maximum absolute atomic E-state index is 11.0. The summed E-state index contributed by atoms with van der Waals surface area (Å²) in [5.41, 5.74) is 1.47. The van der Waals surface area contributed by atoms with Crippen LogP contribution in [0.15, 0.2) is 16.6 Å². The van der Waals surface area contributed by atoms with Gasteiger partial charge in [0.1, 0.15) is 5.69 Å². The third kappa shape index (κ3) is 2.35. The summed E-state index contributed by atoms with van der Waals surface area (Å²) >= 11 is 3.31. The van der Waals surface area contributed by atoms with Crippen LogP contribution in [0.5, 0.6) is 0 Å². The lowest BCUT2D eigenvalue weighted by Gasteiger charge is -2.09. The van der Waals surface area contributed by atoms with E-state index in [1.54, 1.807) is 13.0 Å². The molecule has 2 rings (SSSR count). The van der Waals surface area contributed by atoms with Gasteiger partial charge in [-0.1, -0.05) is 15.9 Å². The molecule has 0 radical (unpaired) electrons. The van der Waals surface area contributed by atoms with E-state index in [0.29, 0.717) is 17.2 Å². The molecule has 0 amide bonds. The van der Waals surface area contributed by atoms with Crippen LogP contribution in [-0.4, -0.2) is 11.5 Å². The minimum atomic E-state index is -0.324. The predicted octanol–water partition coefficient (Wildman–Crippen LogP) is 3.49. The van der Waals surface area contributed by atoms with Crippen LogP contribution < -0.4 is 5.32 Å². The van der Waals surface area contributed by atoms with Gasteiger partial charge in [-0.05, 0) is 37.8 Å². The fourth-order valence-corrected chi connectivity index (χ4v) is 1.95. The van der Waals surface area contributed by atoms with Crippen molar-refractivity contribution in [3.8, 4) is 0 Å². The van der Waals surface area contributed by atoms with Gasteiger partial charge in [-0.15, -0.1) is 0 Å². The summed E-state index contributed by atoms with van der Waals surface area (Å²) in [5, 5.41) is 14.2. The van der Waals surface area contributed by atoms with Gasteiger partial charge < -0.3 is 5.32 Å². The van der Waals surface area contributed by atoms with Crippen molar-refractivity contribution in [2.45, 2.75) is 19.8 Å². The largest absolute Gasteiger partial charge is 0.379 e. The quantitative estimate of drug-likeness (QED) is 0.680. The maximum atomic E-state index is 11.0. The van der Waals surface area contributed by atoms with E-state index in [2.05, 4.69) is 21.2 Å². The van der Waals surface area contributed by atoms with Crippen molar-refractivity contribution in [3.05, 3.63) is 32.3 Å². The highest BCUT2D eigenvalue weighted by atomic mass is 79.9. The number of benzene rings is 1. The van der Waals surface area contributed by atoms with Crippen molar-refractivity contribution in [1.82, 2.24) is 0 Å². The van der Waals surface area contributed by atoms with Crippen molar-refractivity contribution in [3.63, 3.8) is 0 Å². The maximum Gasteiger partial charge on any atom is 0.296 e. The second-order valence-electron chi connectivity index (χ2n) is 4.15. The van der Waals surface area contributed by atoms with Crippen LogP contribution in [0, 0.1) is 23.0 Å². The molecule has 1 fully saturated rings. The van der Waals surface area contributed by atoms with Crippen molar-refractivity contribution in [2.75, 3.05) is 11.9 Å². The zero-order chi connectivity index (χ0) is 11.7. The Hall–Kier alpha value is -1.10. The molecule has 1 N–H and O–H groups in total. The average molecular weight is 285 g/mol. The van der Waals surface area contributed by atoms with Crippen molar-refractivity contribution in [1.29, 1.82) is 0 Å². The number of anilines is 1. The summed E-state index contributed by atoms with van der Waals surface area (Å²) < 4.78 is 0.774. The van der Waals surface area contributed by atoms with Crippen molar-refractivity contribution in [2.24, 2.45) is 5.92 Å². The molecule has 0 unspecified atom stereocenters. The molecule has 4 nitrogen and oxygen atoms in total. The van der Waals surface area contributed by atoms with Gasteiger partial charge in [0.15, 0.2) is 0 Å². The van der Waals surface area contributed by atoms with Crippen LogP contribution in [0.1, 0.15) is 18.4 Å². The summed E-state index contributed by atoms with van der Waals surface area (Å²) in [4.78, 5) is 10.7. The summed E-state index contributed by atoms with van der Waals surface area (Å²) in [6.07, 6.45) is 2.46. The highest BCUT2D eigenvalue weighted by Gasteiger charge is 2.24. The zero-order valence-corrected chi connectivity index (χ0v) is 10.6. The molecule has 0 aromatic heterocycles. The fourth-order valence-electron chi connectivity index (χ4n) is 1.63. The molecule has 1 aromatic rings. The van der Waals surface area contributed by atoms with E-state index in [1.165, 1.54) is 12.8 Å². The lowest BCUT2D eigenvalue weighted by molar-refractivity contribution is -0.384. The van der Waals surface area contributed by atoms with Gasteiger partial charge in [-0.2, -0.15) is 0 Å². The second-order valence-corrected chi connectivity index (χ2v) is 5.00. The van der Waals surface area contributed by atoms with Gasteiger partial charge in [0.2, 0.25) is 0 Å². The number of nitro groups is 1. The SMILES string of the molecule is Cc1c(Br)ccc(NCC2CC2)c1[N+](=O)[O-]. The Labute approximate surface area is 102 Å². The molecule has 1 saturated carbocycles. The van der Waals surface area contributed by atoms with E-state index in [-0.39, 0.29) is 10.6 Å². The second kappa shape index (κ2) is 4.41. The smallest absolute Gasteiger partial charge is 0.296 e. The first-order chi connectivity index (χ1) is 7.59. The molecule has 1 aliphatic carbocycles. The van der Waals surface area contributed by atoms with Gasteiger partial charge in [-0.3, -0.25) is 10.1 Å². The first kappa shape index (κ1) is 11.4. The number of nitrogens with one attached hydrogen (secondary N) is 1. The lowest BCUT2D eigenvalue weighted by atomic mass is 10.1. The lowest BCUT2D eigenvalue weighted by Crippen LogP contribution is -2.06. The molecule has 0 spiro atoms. The Morgan fingerprint density at radius 2 is 2.25 bits per heavy atom. The van der Waals surface area contributed by atoms with E-state index in [0.717, 1.165) is 11.0 Å². The van der Waals surface area contributed by atoms with Gasteiger partial charge in [0.25, 0.3) is 5.69 Å². The highest BCUT2D eigenvalue weighted by molar-refractivity contribution is 9.10. The molecule has 0 bridgehead atoms. The molecule has 86 valence electrons. The molecular formula is C11H13BrN2O2. The van der Waals surface area contributed by atoms with Crippen molar-refractivity contribution >= 4 is 27.3 Å². The highest BCUT2D eigenvalue weighted by Crippen LogP contribution is 2.35. The number of nitrogens with zero attached hydrogens (tertiary/aromatic N) is 1. The predicted molar refractivity (Wildman–Crippen MR) is 66.7 cm³/mol. The van der Waals surface area contributed by atoms with Crippen LogP contribution in [0.4, 0.5) is 11.4 Å². The molecule has 0 heterocycles. The molecule has 0 atom stereocenters. The third-order valence-electron chi connectivity index (χ3n) is 2.83. The van der Waals surface area contributed by atoms with E-state index >= 15 is 0 Å². The molecule has 0 saturated heterocycles. The Bertz CT molecular complexity index is 430. The van der Waals surface area contributed by atoms with Crippen LogP contribution >= 0.6 is 15.9 Å². The number of hydrogen-bond acceptors (Lipinski definition) is 3. The minimum Gasteiger partial charge on any atom is -0.379 e. The number of hydrogen-bond donors (Lipinski definition) is 1. The number of nitro benzene ring substituents is 1. The first-order valence-corrected chi connectivity index (χ1v) is 6.06. The Balaban J connectivity index is 2.27. The van der Waals surface area contributed by atoms with E-state index in [9.17, 15) is 10.1 Å². The van der Waals surface area contributed by atoms with Crippen LogP contribution in [0.2, 0.25) is 0 Å². The standard InChI is InChI=1S/C11H13BrN2O2/c1-7-9(12)4-5-10(11(7)14(15)16)13-6-8-2-3-8/h4-5,8,13H,2-3,6H2,1H3. The fraction of sp³-hybridized carbons (Fsp3) is 0.455. The Kier molecular flexibility index (Phi) is 3.14. The number of rotatable bonds is 4. The summed E-state index contributed by atoms with van der Waals surface area (Å²) in [6.45, 7) is 2.59. The normalized spacial score (nSPS) is 14.9. The summed E-state index contributed by atoms with van der Waals surface area (Å²) in [6, 6.07) is 3.61. The van der Waals surface area contributed by atoms with E-state index in [1.807, 2.05) is 6.07 Å². The van der Waals surface area contributed by atoms with Gasteiger partial charge >= 0.3 is 0 Å². The third-order valence-corrected chi connectivity index (χ3v) is 3.68. The van der Waals surface area contributed by atoms with Gasteiger partial charge in [0.05, 0.1) is 4.92 Å². The topological polar surface area (TPSA) is 55.2 Å². The molecule has 1 aromatic carbocycles. The van der Waals surface area contributed by atoms with Gasteiger partial charge in [0, 0.05) is 16.6 Å².